The molecule has 2 aliphatic rings. The van der Waals surface area contributed by atoms with E-state index < -0.39 is 54.3 Å². The summed E-state index contributed by atoms with van der Waals surface area (Å²) >= 11 is 6.22. The molecule has 2 fully saturated rings. The summed E-state index contributed by atoms with van der Waals surface area (Å²) in [5.74, 6) is -4.32. The van der Waals surface area contributed by atoms with Gasteiger partial charge in [0.1, 0.15) is 30.0 Å². The molecule has 10 nitrogen and oxygen atoms in total. The number of nitrogens with zero attached hydrogens (tertiary/aromatic N) is 6. The number of halogens is 4. The second kappa shape index (κ2) is 11.2. The first-order chi connectivity index (χ1) is 20.9. The van der Waals surface area contributed by atoms with Crippen LogP contribution in [0.15, 0.2) is 79.1 Å². The molecule has 0 saturated carbocycles. The number of aromatic nitrogens is 6. The molecule has 4 heterocycles. The maximum absolute atomic E-state index is 14.0. The van der Waals surface area contributed by atoms with Crippen molar-refractivity contribution in [3.63, 3.8) is 0 Å². The zero-order valence-electron chi connectivity index (χ0n) is 22.0. The Morgan fingerprint density at radius 2 is 1.70 bits per heavy atom. The van der Waals surface area contributed by atoms with Crippen molar-refractivity contribution in [3.8, 4) is 22.5 Å². The zero-order chi connectivity index (χ0) is 29.7. The van der Waals surface area contributed by atoms with E-state index in [9.17, 15) is 18.3 Å². The van der Waals surface area contributed by atoms with Crippen LogP contribution in [0.1, 0.15) is 24.1 Å². The molecule has 2 aliphatic heterocycles. The van der Waals surface area contributed by atoms with Gasteiger partial charge >= 0.3 is 0 Å². The fourth-order valence-corrected chi connectivity index (χ4v) is 5.62. The van der Waals surface area contributed by atoms with Crippen LogP contribution in [0.2, 0.25) is 5.02 Å². The maximum Gasteiger partial charge on any atom is 0.194 e. The van der Waals surface area contributed by atoms with Gasteiger partial charge in [-0.1, -0.05) is 64.5 Å². The first-order valence-corrected chi connectivity index (χ1v) is 13.6. The Bertz CT molecular complexity index is 1750. The molecule has 3 aromatic carbocycles. The van der Waals surface area contributed by atoms with E-state index >= 15 is 0 Å². The average molecular weight is 611 g/mol. The number of hydrogen-bond donors (Lipinski definition) is 1. The summed E-state index contributed by atoms with van der Waals surface area (Å²) in [7, 11) is 0. The van der Waals surface area contributed by atoms with Gasteiger partial charge in [-0.3, -0.25) is 0 Å². The van der Waals surface area contributed by atoms with Gasteiger partial charge in [-0.2, -0.15) is 0 Å². The first kappa shape index (κ1) is 27.7. The SMILES string of the molecule is O[C@@H]1[C@@H](n2cc(-c3cc(F)c(F)c(F)c3)nn2)[C@H]2O[C@@H](c3ccccc3)OC[C@H]2O[C@H]1n1nncc1-c1cccc(Cl)c1. The smallest absolute Gasteiger partial charge is 0.194 e. The van der Waals surface area contributed by atoms with E-state index in [0.717, 1.165) is 17.7 Å². The minimum absolute atomic E-state index is 0.0353. The van der Waals surface area contributed by atoms with Crippen molar-refractivity contribution in [3.05, 3.63) is 107 Å². The molecule has 220 valence electrons. The van der Waals surface area contributed by atoms with E-state index in [1.807, 2.05) is 36.4 Å². The molecule has 0 unspecified atom stereocenters. The summed E-state index contributed by atoms with van der Waals surface area (Å²) in [5, 5.41) is 28.8. The monoisotopic (exact) mass is 610 g/mol. The highest BCUT2D eigenvalue weighted by molar-refractivity contribution is 6.30. The Balaban J connectivity index is 1.28. The predicted octanol–water partition coefficient (Wildman–Crippen LogP) is 4.89. The molecule has 43 heavy (non-hydrogen) atoms. The summed E-state index contributed by atoms with van der Waals surface area (Å²) in [5.41, 5.74) is 1.99. The van der Waals surface area contributed by atoms with Crippen LogP contribution in [-0.2, 0) is 14.2 Å². The second-order valence-corrected chi connectivity index (χ2v) is 10.6. The van der Waals surface area contributed by atoms with Gasteiger partial charge in [0.05, 0.1) is 24.7 Å². The van der Waals surface area contributed by atoms with Crippen LogP contribution >= 0.6 is 11.6 Å². The summed E-state index contributed by atoms with van der Waals surface area (Å²) < 4.78 is 63.1. The molecule has 0 aliphatic carbocycles. The Hall–Kier alpha value is -4.14. The van der Waals surface area contributed by atoms with Gasteiger partial charge in [-0.05, 0) is 24.3 Å². The van der Waals surface area contributed by atoms with Gasteiger partial charge in [0, 0.05) is 21.7 Å². The van der Waals surface area contributed by atoms with Crippen molar-refractivity contribution < 1.29 is 32.5 Å². The van der Waals surface area contributed by atoms with E-state index in [4.69, 9.17) is 25.8 Å². The van der Waals surface area contributed by atoms with Crippen LogP contribution in [0.3, 0.4) is 0 Å². The van der Waals surface area contributed by atoms with Crippen LogP contribution in [0, 0.1) is 17.5 Å². The van der Waals surface area contributed by atoms with Gasteiger partial charge in [-0.25, -0.2) is 22.5 Å². The number of hydrogen-bond acceptors (Lipinski definition) is 8. The molecule has 7 rings (SSSR count). The molecular weight excluding hydrogens is 589 g/mol. The fourth-order valence-electron chi connectivity index (χ4n) is 5.42. The van der Waals surface area contributed by atoms with Crippen LogP contribution < -0.4 is 0 Å². The zero-order valence-corrected chi connectivity index (χ0v) is 22.8. The topological polar surface area (TPSA) is 109 Å². The van der Waals surface area contributed by atoms with Crippen LogP contribution in [0.25, 0.3) is 22.5 Å². The molecule has 2 aromatic heterocycles. The lowest BCUT2D eigenvalue weighted by Crippen LogP contribution is -2.57. The third-order valence-electron chi connectivity index (χ3n) is 7.46. The molecule has 0 bridgehead atoms. The quantitative estimate of drug-likeness (QED) is 0.280. The highest BCUT2D eigenvalue weighted by Gasteiger charge is 2.52. The third-order valence-corrected chi connectivity index (χ3v) is 7.69. The lowest BCUT2D eigenvalue weighted by molar-refractivity contribution is -0.328. The van der Waals surface area contributed by atoms with Crippen molar-refractivity contribution in [2.75, 3.05) is 6.61 Å². The Labute approximate surface area is 247 Å². The normalized spacial score (nSPS) is 25.4. The van der Waals surface area contributed by atoms with Gasteiger partial charge in [0.15, 0.2) is 30.0 Å². The Morgan fingerprint density at radius 3 is 2.47 bits per heavy atom. The molecule has 1 N–H and O–H groups in total. The lowest BCUT2D eigenvalue weighted by atomic mass is 9.94. The van der Waals surface area contributed by atoms with Crippen molar-refractivity contribution in [1.29, 1.82) is 0 Å². The number of ether oxygens (including phenoxy) is 3. The van der Waals surface area contributed by atoms with E-state index in [1.54, 1.807) is 18.2 Å². The van der Waals surface area contributed by atoms with Crippen molar-refractivity contribution in [1.82, 2.24) is 30.0 Å². The minimum atomic E-state index is -1.59. The number of aliphatic hydroxyl groups is 1. The first-order valence-electron chi connectivity index (χ1n) is 13.3. The van der Waals surface area contributed by atoms with E-state index in [0.29, 0.717) is 16.3 Å². The van der Waals surface area contributed by atoms with Crippen LogP contribution in [0.4, 0.5) is 13.2 Å². The molecule has 2 saturated heterocycles. The van der Waals surface area contributed by atoms with E-state index in [-0.39, 0.29) is 17.9 Å². The number of benzene rings is 3. The summed E-state index contributed by atoms with van der Waals surface area (Å²) in [6.45, 7) is 0.0983. The Morgan fingerprint density at radius 1 is 0.907 bits per heavy atom. The van der Waals surface area contributed by atoms with Gasteiger partial charge < -0.3 is 19.3 Å². The third kappa shape index (κ3) is 5.08. The minimum Gasteiger partial charge on any atom is -0.386 e. The molecular formula is C29H22ClF3N6O4. The van der Waals surface area contributed by atoms with E-state index in [1.165, 1.54) is 21.8 Å². The number of rotatable bonds is 5. The molecule has 0 spiro atoms. The van der Waals surface area contributed by atoms with Gasteiger partial charge in [0.25, 0.3) is 0 Å². The highest BCUT2D eigenvalue weighted by atomic mass is 35.5. The molecule has 0 radical (unpaired) electrons. The number of fused-ring (bicyclic) bond motifs is 1. The van der Waals surface area contributed by atoms with Gasteiger partial charge in [-0.15, -0.1) is 10.2 Å². The molecule has 14 heteroatoms. The van der Waals surface area contributed by atoms with E-state index in [2.05, 4.69) is 20.6 Å². The molecule has 0 amide bonds. The summed E-state index contributed by atoms with van der Waals surface area (Å²) in [6, 6.07) is 17.0. The van der Waals surface area contributed by atoms with Crippen molar-refractivity contribution >= 4 is 11.6 Å². The predicted molar refractivity (Wildman–Crippen MR) is 145 cm³/mol. The summed E-state index contributed by atoms with van der Waals surface area (Å²) in [4.78, 5) is 0. The Kier molecular flexibility index (Phi) is 7.19. The van der Waals surface area contributed by atoms with Crippen LogP contribution in [-0.4, -0.2) is 60.0 Å². The van der Waals surface area contributed by atoms with Crippen molar-refractivity contribution in [2.45, 2.75) is 36.9 Å². The van der Waals surface area contributed by atoms with Crippen molar-refractivity contribution in [2.24, 2.45) is 0 Å². The highest BCUT2D eigenvalue weighted by Crippen LogP contribution is 2.43. The second-order valence-electron chi connectivity index (χ2n) is 10.1. The average Bonchev–Trinajstić information content (AvgIpc) is 3.70. The standard InChI is InChI=1S/C29H22ClF3N6O4/c30-18-8-4-7-16(9-18)22-12-34-36-39(22)28-26(40)25(27-23(42-28)14-41-29(43-27)15-5-2-1-3-6-15)38-13-21(35-37-38)17-10-19(31)24(33)20(32)11-17/h1-13,23,25-29,40H,14H2/t23-,25-,26-,27+,28-,29+/m1/s1. The lowest BCUT2D eigenvalue weighted by Gasteiger charge is -2.48. The number of aliphatic hydroxyl groups excluding tert-OH is 1. The molecule has 6 atom stereocenters. The summed E-state index contributed by atoms with van der Waals surface area (Å²) in [6.07, 6.45) is -1.79. The van der Waals surface area contributed by atoms with Crippen LogP contribution in [0.5, 0.6) is 0 Å². The fraction of sp³-hybridized carbons (Fsp3) is 0.241. The molecule has 5 aromatic rings. The maximum atomic E-state index is 14.0. The van der Waals surface area contributed by atoms with Gasteiger partial charge in [0.2, 0.25) is 0 Å². The largest absolute Gasteiger partial charge is 0.386 e.